The summed E-state index contributed by atoms with van der Waals surface area (Å²) in [5.41, 5.74) is 1.61. The number of carboxylic acid groups (broad SMARTS) is 1. The van der Waals surface area contributed by atoms with Crippen molar-refractivity contribution >= 4 is 33.8 Å². The fourth-order valence-electron chi connectivity index (χ4n) is 1.62. The van der Waals surface area contributed by atoms with E-state index in [9.17, 15) is 9.59 Å². The van der Waals surface area contributed by atoms with Crippen LogP contribution in [0.2, 0.25) is 0 Å². The number of rotatable bonds is 4. The fraction of sp³-hybridized carbons (Fsp3) is 0. The van der Waals surface area contributed by atoms with Crippen LogP contribution in [-0.2, 0) is 0 Å². The van der Waals surface area contributed by atoms with E-state index in [4.69, 9.17) is 5.11 Å². The van der Waals surface area contributed by atoms with Gasteiger partial charge in [-0.3, -0.25) is 4.79 Å². The quantitative estimate of drug-likeness (QED) is 0.679. The second-order valence-corrected chi connectivity index (χ2v) is 5.05. The largest absolute Gasteiger partial charge is 0.478 e. The molecule has 100 valence electrons. The van der Waals surface area contributed by atoms with E-state index in [1.165, 1.54) is 18.2 Å². The van der Waals surface area contributed by atoms with Crippen molar-refractivity contribution < 1.29 is 14.7 Å². The fourth-order valence-corrected chi connectivity index (χ4v) is 1.88. The van der Waals surface area contributed by atoms with Crippen molar-refractivity contribution in [3.63, 3.8) is 0 Å². The van der Waals surface area contributed by atoms with Crippen LogP contribution in [0.3, 0.4) is 0 Å². The first-order valence-corrected chi connectivity index (χ1v) is 6.67. The minimum atomic E-state index is -0.966. The summed E-state index contributed by atoms with van der Waals surface area (Å²) in [7, 11) is 0. The highest BCUT2D eigenvalue weighted by Crippen LogP contribution is 2.12. The van der Waals surface area contributed by atoms with Crippen LogP contribution in [0.5, 0.6) is 0 Å². The lowest BCUT2D eigenvalue weighted by atomic mass is 10.1. The molecule has 3 nitrogen and oxygen atoms in total. The first kappa shape index (κ1) is 14.2. The van der Waals surface area contributed by atoms with Crippen molar-refractivity contribution in [2.45, 2.75) is 0 Å². The van der Waals surface area contributed by atoms with Crippen molar-refractivity contribution in [2.24, 2.45) is 0 Å². The number of carboxylic acids is 1. The third-order valence-corrected chi connectivity index (χ3v) is 3.24. The number of aromatic carboxylic acids is 1. The molecule has 0 heterocycles. The number of hydrogen-bond acceptors (Lipinski definition) is 2. The summed E-state index contributed by atoms with van der Waals surface area (Å²) in [6.07, 6.45) is 3.13. The molecule has 0 spiro atoms. The van der Waals surface area contributed by atoms with Gasteiger partial charge in [-0.2, -0.15) is 0 Å². The van der Waals surface area contributed by atoms with Gasteiger partial charge < -0.3 is 5.11 Å². The van der Waals surface area contributed by atoms with Gasteiger partial charge in [0.2, 0.25) is 0 Å². The standard InChI is InChI=1S/C16H11BrO3/c17-14-8-6-12(7-9-14)15(18)10-3-11-1-4-13(5-2-11)16(19)20/h1-10H,(H,19,20). The van der Waals surface area contributed by atoms with Crippen molar-refractivity contribution in [3.05, 3.63) is 75.8 Å². The molecule has 0 fully saturated rings. The van der Waals surface area contributed by atoms with Gasteiger partial charge in [-0.1, -0.05) is 34.1 Å². The van der Waals surface area contributed by atoms with Crippen LogP contribution in [0.25, 0.3) is 6.08 Å². The average Bonchev–Trinajstić information content (AvgIpc) is 2.46. The Balaban J connectivity index is 2.10. The molecule has 2 aromatic carbocycles. The molecule has 0 radical (unpaired) electrons. The average molecular weight is 331 g/mol. The van der Waals surface area contributed by atoms with Crippen LogP contribution in [-0.4, -0.2) is 16.9 Å². The Bertz CT molecular complexity index is 655. The summed E-state index contributed by atoms with van der Waals surface area (Å²) in [5, 5.41) is 8.79. The number of halogens is 1. The minimum Gasteiger partial charge on any atom is -0.478 e. The third kappa shape index (κ3) is 3.65. The lowest BCUT2D eigenvalue weighted by Gasteiger charge is -1.97. The van der Waals surface area contributed by atoms with E-state index in [0.29, 0.717) is 5.56 Å². The first-order valence-electron chi connectivity index (χ1n) is 5.87. The van der Waals surface area contributed by atoms with E-state index in [2.05, 4.69) is 15.9 Å². The molecule has 0 aromatic heterocycles. The van der Waals surface area contributed by atoms with Crippen molar-refractivity contribution in [3.8, 4) is 0 Å². The number of allylic oxidation sites excluding steroid dienone is 1. The van der Waals surface area contributed by atoms with Gasteiger partial charge >= 0.3 is 5.97 Å². The second kappa shape index (κ2) is 6.30. The van der Waals surface area contributed by atoms with Crippen molar-refractivity contribution in [1.82, 2.24) is 0 Å². The Morgan fingerprint density at radius 1 is 0.900 bits per heavy atom. The molecule has 0 saturated heterocycles. The van der Waals surface area contributed by atoms with Crippen LogP contribution in [0, 0.1) is 0 Å². The SMILES string of the molecule is O=C(O)c1ccc(C=CC(=O)c2ccc(Br)cc2)cc1. The molecule has 0 saturated carbocycles. The molecule has 20 heavy (non-hydrogen) atoms. The van der Waals surface area contributed by atoms with Gasteiger partial charge in [-0.15, -0.1) is 0 Å². The Labute approximate surface area is 124 Å². The first-order chi connectivity index (χ1) is 9.56. The molecule has 0 amide bonds. The van der Waals surface area contributed by atoms with Crippen LogP contribution in [0.1, 0.15) is 26.3 Å². The van der Waals surface area contributed by atoms with E-state index in [1.807, 2.05) is 12.1 Å². The number of hydrogen-bond donors (Lipinski definition) is 1. The van der Waals surface area contributed by atoms with Crippen LogP contribution >= 0.6 is 15.9 Å². The number of ketones is 1. The van der Waals surface area contributed by atoms with E-state index in [1.54, 1.807) is 30.3 Å². The maximum Gasteiger partial charge on any atom is 0.335 e. The van der Waals surface area contributed by atoms with Crippen molar-refractivity contribution in [2.75, 3.05) is 0 Å². The molecule has 0 aliphatic rings. The van der Waals surface area contributed by atoms with Gasteiger partial charge in [0.1, 0.15) is 0 Å². The number of benzene rings is 2. The van der Waals surface area contributed by atoms with Crippen LogP contribution in [0.15, 0.2) is 59.1 Å². The van der Waals surface area contributed by atoms with Gasteiger partial charge in [0.05, 0.1) is 5.56 Å². The summed E-state index contributed by atoms with van der Waals surface area (Å²) < 4.78 is 0.919. The molecule has 0 bridgehead atoms. The Kier molecular flexibility index (Phi) is 4.48. The third-order valence-electron chi connectivity index (χ3n) is 2.71. The maximum atomic E-state index is 11.9. The molecule has 1 N–H and O–H groups in total. The predicted molar refractivity (Wildman–Crippen MR) is 80.9 cm³/mol. The Morgan fingerprint density at radius 2 is 1.45 bits per heavy atom. The number of carbonyl (C=O) groups is 2. The second-order valence-electron chi connectivity index (χ2n) is 4.13. The predicted octanol–water partition coefficient (Wildman–Crippen LogP) is 4.04. The normalized spacial score (nSPS) is 10.7. The topological polar surface area (TPSA) is 54.4 Å². The molecule has 0 aliphatic carbocycles. The van der Waals surface area contributed by atoms with Gasteiger partial charge in [-0.05, 0) is 48.0 Å². The highest BCUT2D eigenvalue weighted by molar-refractivity contribution is 9.10. The van der Waals surface area contributed by atoms with Crippen LogP contribution in [0.4, 0.5) is 0 Å². The zero-order chi connectivity index (χ0) is 14.5. The highest BCUT2D eigenvalue weighted by atomic mass is 79.9. The Hall–Kier alpha value is -2.20. The summed E-state index contributed by atoms with van der Waals surface area (Å²) in [5.74, 6) is -1.06. The Morgan fingerprint density at radius 3 is 2.00 bits per heavy atom. The molecular formula is C16H11BrO3. The summed E-state index contributed by atoms with van der Waals surface area (Å²) in [6.45, 7) is 0. The van der Waals surface area contributed by atoms with E-state index in [0.717, 1.165) is 10.0 Å². The molecule has 0 unspecified atom stereocenters. The highest BCUT2D eigenvalue weighted by Gasteiger charge is 2.02. The summed E-state index contributed by atoms with van der Waals surface area (Å²) in [6, 6.07) is 13.4. The maximum absolute atomic E-state index is 11.9. The zero-order valence-corrected chi connectivity index (χ0v) is 12.0. The molecule has 0 atom stereocenters. The van der Waals surface area contributed by atoms with E-state index in [-0.39, 0.29) is 11.3 Å². The van der Waals surface area contributed by atoms with Crippen LogP contribution < -0.4 is 0 Å². The minimum absolute atomic E-state index is 0.0974. The smallest absolute Gasteiger partial charge is 0.335 e. The van der Waals surface area contributed by atoms with Gasteiger partial charge in [0, 0.05) is 10.0 Å². The van der Waals surface area contributed by atoms with Gasteiger partial charge in [-0.25, -0.2) is 4.79 Å². The van der Waals surface area contributed by atoms with Gasteiger partial charge in [0.25, 0.3) is 0 Å². The summed E-state index contributed by atoms with van der Waals surface area (Å²) in [4.78, 5) is 22.6. The van der Waals surface area contributed by atoms with Crippen molar-refractivity contribution in [1.29, 1.82) is 0 Å². The molecule has 0 aliphatic heterocycles. The molecule has 2 rings (SSSR count). The number of carbonyl (C=O) groups excluding carboxylic acids is 1. The molecule has 4 heteroatoms. The van der Waals surface area contributed by atoms with Gasteiger partial charge in [0.15, 0.2) is 5.78 Å². The molecule has 2 aromatic rings. The van der Waals surface area contributed by atoms with E-state index >= 15 is 0 Å². The zero-order valence-electron chi connectivity index (χ0n) is 10.4. The lowest BCUT2D eigenvalue weighted by Crippen LogP contribution is -1.95. The van der Waals surface area contributed by atoms with E-state index < -0.39 is 5.97 Å². The lowest BCUT2D eigenvalue weighted by molar-refractivity contribution is 0.0696. The summed E-state index contributed by atoms with van der Waals surface area (Å²) >= 11 is 3.31. The monoisotopic (exact) mass is 330 g/mol. The molecular weight excluding hydrogens is 320 g/mol.